The number of aryl methyl sites for hydroxylation is 1. The average Bonchev–Trinajstić information content (AvgIpc) is 2.64. The monoisotopic (exact) mass is 412 g/mol. The van der Waals surface area contributed by atoms with E-state index in [0.29, 0.717) is 0 Å². The predicted molar refractivity (Wildman–Crippen MR) is 97.0 cm³/mol. The number of ketones is 1. The second kappa shape index (κ2) is 8.28. The molecule has 0 aliphatic carbocycles. The summed E-state index contributed by atoms with van der Waals surface area (Å²) in [7, 11) is 1.20. The van der Waals surface area contributed by atoms with Gasteiger partial charge in [-0.05, 0) is 24.1 Å². The van der Waals surface area contributed by atoms with E-state index >= 15 is 0 Å². The van der Waals surface area contributed by atoms with Crippen molar-refractivity contribution in [1.29, 1.82) is 0 Å². The number of carbonyl (C=O) groups excluding carboxylic acids is 2. The van der Waals surface area contributed by atoms with Crippen LogP contribution in [0.5, 0.6) is 11.5 Å². The minimum absolute atomic E-state index is 0.0138. The number of aromatic carboxylic acids is 1. The van der Waals surface area contributed by atoms with Crippen molar-refractivity contribution in [3.8, 4) is 11.5 Å². The van der Waals surface area contributed by atoms with Crippen molar-refractivity contribution in [2.24, 2.45) is 0 Å². The zero-order valence-corrected chi connectivity index (χ0v) is 15.5. The van der Waals surface area contributed by atoms with Crippen molar-refractivity contribution in [2.75, 3.05) is 7.11 Å². The number of hydrogen-bond donors (Lipinski definition) is 3. The highest BCUT2D eigenvalue weighted by Crippen LogP contribution is 2.40. The smallest absolute Gasteiger partial charge is 0.337 e. The summed E-state index contributed by atoms with van der Waals surface area (Å²) in [5, 5.41) is 28.9. The van der Waals surface area contributed by atoms with E-state index in [1.807, 2.05) is 0 Å². The first-order chi connectivity index (χ1) is 12.7. The third kappa shape index (κ3) is 4.15. The largest absolute Gasteiger partial charge is 0.506 e. The van der Waals surface area contributed by atoms with E-state index in [1.54, 1.807) is 0 Å². The molecule has 0 aromatic heterocycles. The highest BCUT2D eigenvalue weighted by molar-refractivity contribution is 6.36. The zero-order valence-electron chi connectivity index (χ0n) is 14.0. The molecule has 0 unspecified atom stereocenters. The number of phenolic OH excluding ortho intramolecular Hbond substituents is 2. The van der Waals surface area contributed by atoms with E-state index < -0.39 is 39.8 Å². The molecule has 0 atom stereocenters. The van der Waals surface area contributed by atoms with Crippen LogP contribution in [0.4, 0.5) is 0 Å². The van der Waals surface area contributed by atoms with Crippen LogP contribution < -0.4 is 0 Å². The quantitative estimate of drug-likeness (QED) is 0.490. The van der Waals surface area contributed by atoms with Gasteiger partial charge in [0.25, 0.3) is 0 Å². The molecule has 0 bridgehead atoms. The normalized spacial score (nSPS) is 10.5. The molecule has 0 amide bonds. The van der Waals surface area contributed by atoms with Crippen LogP contribution in [0.15, 0.2) is 24.3 Å². The maximum atomic E-state index is 12.8. The van der Waals surface area contributed by atoms with Crippen LogP contribution in [0.2, 0.25) is 10.0 Å². The summed E-state index contributed by atoms with van der Waals surface area (Å²) in [4.78, 5) is 35.6. The van der Waals surface area contributed by atoms with Gasteiger partial charge in [-0.25, -0.2) is 4.79 Å². The Hall–Kier alpha value is -2.77. The Bertz CT molecular complexity index is 938. The van der Waals surface area contributed by atoms with E-state index in [-0.39, 0.29) is 34.6 Å². The third-order valence-corrected chi connectivity index (χ3v) is 4.51. The molecular weight excluding hydrogens is 399 g/mol. The van der Waals surface area contributed by atoms with Crippen LogP contribution in [-0.2, 0) is 16.0 Å². The van der Waals surface area contributed by atoms with Crippen LogP contribution in [0.25, 0.3) is 0 Å². The Labute approximate surface area is 163 Å². The van der Waals surface area contributed by atoms with Crippen LogP contribution in [-0.4, -0.2) is 40.2 Å². The van der Waals surface area contributed by atoms with Crippen LogP contribution in [0.1, 0.15) is 38.3 Å². The Kier molecular flexibility index (Phi) is 6.30. The summed E-state index contributed by atoms with van der Waals surface area (Å²) in [5.74, 6) is -4.02. The summed E-state index contributed by atoms with van der Waals surface area (Å²) in [6.45, 7) is 0. The molecule has 142 valence electrons. The van der Waals surface area contributed by atoms with E-state index in [0.717, 1.165) is 6.07 Å². The summed E-state index contributed by atoms with van der Waals surface area (Å²) in [6.07, 6.45) is -0.115. The van der Waals surface area contributed by atoms with Gasteiger partial charge in [0, 0.05) is 12.0 Å². The van der Waals surface area contributed by atoms with Crippen molar-refractivity contribution >= 4 is 40.9 Å². The zero-order chi connectivity index (χ0) is 20.3. The second-order valence-electron chi connectivity index (χ2n) is 5.47. The summed E-state index contributed by atoms with van der Waals surface area (Å²) in [6, 6.07) is 5.09. The molecule has 9 heteroatoms. The lowest BCUT2D eigenvalue weighted by atomic mass is 9.95. The van der Waals surface area contributed by atoms with Gasteiger partial charge in [0.05, 0.1) is 23.3 Å². The van der Waals surface area contributed by atoms with E-state index in [4.69, 9.17) is 23.2 Å². The second-order valence-corrected chi connectivity index (χ2v) is 6.25. The SMILES string of the molecule is COC(=O)CCc1cc(C(=O)c2cccc(Cl)c2C(=O)O)c(O)c(Cl)c1O. The van der Waals surface area contributed by atoms with Crippen LogP contribution >= 0.6 is 23.2 Å². The van der Waals surface area contributed by atoms with Crippen molar-refractivity contribution < 1.29 is 34.4 Å². The van der Waals surface area contributed by atoms with Gasteiger partial charge in [-0.15, -0.1) is 0 Å². The Morgan fingerprint density at radius 1 is 1.07 bits per heavy atom. The van der Waals surface area contributed by atoms with Crippen molar-refractivity contribution in [2.45, 2.75) is 12.8 Å². The molecule has 0 radical (unpaired) electrons. The number of carboxylic acids is 1. The molecule has 27 heavy (non-hydrogen) atoms. The molecule has 7 nitrogen and oxygen atoms in total. The number of benzene rings is 2. The van der Waals surface area contributed by atoms with Crippen LogP contribution in [0, 0.1) is 0 Å². The number of aromatic hydroxyl groups is 2. The van der Waals surface area contributed by atoms with Gasteiger partial charge in [-0.1, -0.05) is 35.3 Å². The standard InChI is InChI=1S/C18H14Cl2O7/c1-27-12(21)6-5-8-7-10(17(24)14(20)15(8)22)16(23)9-3-2-4-11(19)13(9)18(25)26/h2-4,7,22,24H,5-6H2,1H3,(H,25,26). The molecule has 0 saturated carbocycles. The number of carboxylic acid groups (broad SMARTS) is 1. The molecule has 2 aromatic rings. The summed E-state index contributed by atoms with van der Waals surface area (Å²) in [5.41, 5.74) is -0.900. The number of rotatable bonds is 6. The maximum absolute atomic E-state index is 12.8. The molecular formula is C18H14Cl2O7. The minimum Gasteiger partial charge on any atom is -0.506 e. The first kappa shape index (κ1) is 20.5. The molecule has 0 fully saturated rings. The number of esters is 1. The van der Waals surface area contributed by atoms with Gasteiger partial charge in [0.2, 0.25) is 0 Å². The topological polar surface area (TPSA) is 121 Å². The van der Waals surface area contributed by atoms with Gasteiger partial charge in [-0.3, -0.25) is 9.59 Å². The lowest BCUT2D eigenvalue weighted by Gasteiger charge is -2.13. The molecule has 3 N–H and O–H groups in total. The summed E-state index contributed by atoms with van der Waals surface area (Å²) >= 11 is 11.8. The number of carbonyl (C=O) groups is 3. The third-order valence-electron chi connectivity index (χ3n) is 3.84. The number of hydrogen-bond acceptors (Lipinski definition) is 6. The molecule has 0 saturated heterocycles. The van der Waals surface area contributed by atoms with Gasteiger partial charge in [0.15, 0.2) is 5.78 Å². The minimum atomic E-state index is -1.42. The molecule has 2 aromatic carbocycles. The fourth-order valence-corrected chi connectivity index (χ4v) is 2.94. The van der Waals surface area contributed by atoms with E-state index in [1.165, 1.54) is 25.3 Å². The molecule has 0 heterocycles. The lowest BCUT2D eigenvalue weighted by Crippen LogP contribution is -2.11. The first-order valence-electron chi connectivity index (χ1n) is 7.55. The Morgan fingerprint density at radius 2 is 1.74 bits per heavy atom. The van der Waals surface area contributed by atoms with Crippen molar-refractivity contribution in [3.63, 3.8) is 0 Å². The first-order valence-corrected chi connectivity index (χ1v) is 8.31. The highest BCUT2D eigenvalue weighted by atomic mass is 35.5. The number of phenols is 2. The van der Waals surface area contributed by atoms with Crippen molar-refractivity contribution in [3.05, 3.63) is 56.6 Å². The highest BCUT2D eigenvalue weighted by Gasteiger charge is 2.26. The van der Waals surface area contributed by atoms with E-state index in [9.17, 15) is 29.7 Å². The number of methoxy groups -OCH3 is 1. The number of ether oxygens (including phenoxy) is 1. The fourth-order valence-electron chi connectivity index (χ4n) is 2.46. The molecule has 0 aliphatic rings. The van der Waals surface area contributed by atoms with Crippen molar-refractivity contribution in [1.82, 2.24) is 0 Å². The molecule has 0 aliphatic heterocycles. The van der Waals surface area contributed by atoms with Gasteiger partial charge < -0.3 is 20.1 Å². The number of halogens is 2. The fraction of sp³-hybridized carbons (Fsp3) is 0.167. The summed E-state index contributed by atoms with van der Waals surface area (Å²) < 4.78 is 4.52. The predicted octanol–water partition coefficient (Wildman–Crippen LogP) is 3.44. The van der Waals surface area contributed by atoms with Gasteiger partial charge >= 0.3 is 11.9 Å². The molecule has 0 spiro atoms. The van der Waals surface area contributed by atoms with Gasteiger partial charge in [-0.2, -0.15) is 0 Å². The Morgan fingerprint density at radius 3 is 2.33 bits per heavy atom. The van der Waals surface area contributed by atoms with Crippen LogP contribution in [0.3, 0.4) is 0 Å². The molecule has 2 rings (SSSR count). The van der Waals surface area contributed by atoms with Gasteiger partial charge in [0.1, 0.15) is 16.5 Å². The average molecular weight is 413 g/mol. The lowest BCUT2D eigenvalue weighted by molar-refractivity contribution is -0.140. The Balaban J connectivity index is 2.57. The van der Waals surface area contributed by atoms with E-state index in [2.05, 4.69) is 4.74 Å². The maximum Gasteiger partial charge on any atom is 0.337 e.